The van der Waals surface area contributed by atoms with Crippen LogP contribution in [0.5, 0.6) is 5.75 Å². The first-order chi connectivity index (χ1) is 6.43. The van der Waals surface area contributed by atoms with Crippen molar-refractivity contribution in [3.05, 3.63) is 32.2 Å². The van der Waals surface area contributed by atoms with Crippen LogP contribution in [0.15, 0.2) is 10.9 Å². The Labute approximate surface area is 75.0 Å². The first kappa shape index (κ1) is 10.1. The molecule has 0 aliphatic rings. The van der Waals surface area contributed by atoms with E-state index in [0.29, 0.717) is 6.07 Å². The van der Waals surface area contributed by atoms with Crippen molar-refractivity contribution >= 4 is 5.69 Å². The summed E-state index contributed by atoms with van der Waals surface area (Å²) in [5.74, 6) is -1.01. The highest BCUT2D eigenvalue weighted by atomic mass is 19.3. The molecule has 1 rings (SSSR count). The van der Waals surface area contributed by atoms with E-state index in [-0.39, 0.29) is 0 Å². The molecule has 0 aromatic carbocycles. The molecule has 0 atom stereocenters. The summed E-state index contributed by atoms with van der Waals surface area (Å²) in [6.45, 7) is 0. The van der Waals surface area contributed by atoms with Crippen LogP contribution in [-0.2, 0) is 0 Å². The van der Waals surface area contributed by atoms with E-state index in [9.17, 15) is 23.7 Å². The van der Waals surface area contributed by atoms with Gasteiger partial charge in [0.1, 0.15) is 11.4 Å². The fourth-order valence-electron chi connectivity index (χ4n) is 0.825. The van der Waals surface area contributed by atoms with Crippen LogP contribution >= 0.6 is 0 Å². The molecule has 0 radical (unpaired) electrons. The number of pyridine rings is 1. The number of nitrogens with one attached hydrogen (secondary N) is 1. The first-order valence-electron chi connectivity index (χ1n) is 3.32. The van der Waals surface area contributed by atoms with Gasteiger partial charge in [0.2, 0.25) is 0 Å². The number of hydrogen-bond acceptors (Lipinski definition) is 4. The van der Waals surface area contributed by atoms with E-state index in [1.165, 1.54) is 4.98 Å². The lowest BCUT2D eigenvalue weighted by Crippen LogP contribution is -2.13. The van der Waals surface area contributed by atoms with Gasteiger partial charge in [-0.05, 0) is 0 Å². The van der Waals surface area contributed by atoms with Gasteiger partial charge in [-0.3, -0.25) is 14.9 Å². The lowest BCUT2D eigenvalue weighted by Gasteiger charge is -2.01. The zero-order valence-electron chi connectivity index (χ0n) is 6.53. The van der Waals surface area contributed by atoms with Crippen molar-refractivity contribution in [3.63, 3.8) is 0 Å². The standard InChI is InChI=1S/C6H4F2N2O4/c7-5(8)4-3(11)1-2(10(13)14)6(12)9-4/h1,5,11H,(H,9,12). The van der Waals surface area contributed by atoms with Gasteiger partial charge in [0.15, 0.2) is 0 Å². The number of H-pyrrole nitrogens is 1. The third-order valence-corrected chi connectivity index (χ3v) is 1.45. The molecule has 0 amide bonds. The summed E-state index contributed by atoms with van der Waals surface area (Å²) in [6, 6.07) is 0.389. The van der Waals surface area contributed by atoms with Gasteiger partial charge in [0.25, 0.3) is 6.43 Å². The van der Waals surface area contributed by atoms with Gasteiger partial charge >= 0.3 is 11.2 Å². The maximum atomic E-state index is 12.0. The van der Waals surface area contributed by atoms with Gasteiger partial charge in [-0.25, -0.2) is 8.78 Å². The smallest absolute Gasteiger partial charge is 0.337 e. The molecular weight excluding hydrogens is 202 g/mol. The summed E-state index contributed by atoms with van der Waals surface area (Å²) in [6.07, 6.45) is -3.09. The predicted molar refractivity (Wildman–Crippen MR) is 40.3 cm³/mol. The summed E-state index contributed by atoms with van der Waals surface area (Å²) < 4.78 is 24.1. The van der Waals surface area contributed by atoms with E-state index >= 15 is 0 Å². The molecular formula is C6H4F2N2O4. The molecule has 8 heteroatoms. The Balaban J connectivity index is 3.39. The minimum atomic E-state index is -3.09. The molecule has 0 saturated carbocycles. The summed E-state index contributed by atoms with van der Waals surface area (Å²) >= 11 is 0. The Bertz CT molecular complexity index is 428. The van der Waals surface area contributed by atoms with Crippen molar-refractivity contribution in [2.24, 2.45) is 0 Å². The van der Waals surface area contributed by atoms with Crippen LogP contribution < -0.4 is 5.56 Å². The summed E-state index contributed by atoms with van der Waals surface area (Å²) in [5, 5.41) is 19.0. The van der Waals surface area contributed by atoms with Gasteiger partial charge < -0.3 is 10.1 Å². The number of aromatic nitrogens is 1. The number of nitro groups is 1. The van der Waals surface area contributed by atoms with Crippen molar-refractivity contribution < 1.29 is 18.8 Å². The maximum absolute atomic E-state index is 12.0. The quantitative estimate of drug-likeness (QED) is 0.555. The molecule has 1 aromatic rings. The second-order valence-corrected chi connectivity index (χ2v) is 2.34. The van der Waals surface area contributed by atoms with E-state index < -0.39 is 34.0 Å². The van der Waals surface area contributed by atoms with E-state index in [1.54, 1.807) is 0 Å². The minimum Gasteiger partial charge on any atom is -0.506 e. The number of aromatic hydroxyl groups is 1. The van der Waals surface area contributed by atoms with Crippen LogP contribution in [0.2, 0.25) is 0 Å². The lowest BCUT2D eigenvalue weighted by atomic mass is 10.3. The van der Waals surface area contributed by atoms with Crippen molar-refractivity contribution in [1.82, 2.24) is 4.98 Å². The molecule has 1 aromatic heterocycles. The zero-order valence-corrected chi connectivity index (χ0v) is 6.53. The molecule has 0 saturated heterocycles. The molecule has 0 unspecified atom stereocenters. The Morgan fingerprint density at radius 1 is 1.57 bits per heavy atom. The van der Waals surface area contributed by atoms with Gasteiger partial charge in [0, 0.05) is 0 Å². The summed E-state index contributed by atoms with van der Waals surface area (Å²) in [5.41, 5.74) is -3.28. The average Bonchev–Trinajstić information content (AvgIpc) is 2.07. The van der Waals surface area contributed by atoms with Crippen molar-refractivity contribution in [3.8, 4) is 5.75 Å². The number of rotatable bonds is 2. The normalized spacial score (nSPS) is 10.5. The largest absolute Gasteiger partial charge is 0.506 e. The molecule has 0 spiro atoms. The lowest BCUT2D eigenvalue weighted by molar-refractivity contribution is -0.386. The highest BCUT2D eigenvalue weighted by molar-refractivity contribution is 5.38. The van der Waals surface area contributed by atoms with Crippen LogP contribution in [0.3, 0.4) is 0 Å². The Kier molecular flexibility index (Phi) is 2.45. The number of hydrogen-bond donors (Lipinski definition) is 2. The van der Waals surface area contributed by atoms with Gasteiger partial charge in [-0.2, -0.15) is 0 Å². The molecule has 2 N–H and O–H groups in total. The third kappa shape index (κ3) is 1.68. The van der Waals surface area contributed by atoms with Crippen LogP contribution in [0.1, 0.15) is 12.1 Å². The van der Waals surface area contributed by atoms with Gasteiger partial charge in [-0.15, -0.1) is 0 Å². The van der Waals surface area contributed by atoms with E-state index in [0.717, 1.165) is 0 Å². The fourth-order valence-corrected chi connectivity index (χ4v) is 0.825. The van der Waals surface area contributed by atoms with Crippen LogP contribution in [0.25, 0.3) is 0 Å². The van der Waals surface area contributed by atoms with Crippen LogP contribution in [-0.4, -0.2) is 15.0 Å². The predicted octanol–water partition coefficient (Wildman–Crippen LogP) is 0.926. The SMILES string of the molecule is O=c1[nH]c(C(F)F)c(O)cc1[N+](=O)[O-]. The van der Waals surface area contributed by atoms with Gasteiger partial charge in [-0.1, -0.05) is 0 Å². The number of halogens is 2. The molecule has 0 bridgehead atoms. The highest BCUT2D eigenvalue weighted by Crippen LogP contribution is 2.26. The molecule has 1 heterocycles. The Morgan fingerprint density at radius 2 is 2.14 bits per heavy atom. The molecule has 0 aliphatic heterocycles. The summed E-state index contributed by atoms with van der Waals surface area (Å²) in [7, 11) is 0. The molecule has 6 nitrogen and oxygen atoms in total. The number of alkyl halides is 2. The van der Waals surface area contributed by atoms with Crippen LogP contribution in [0.4, 0.5) is 14.5 Å². The third-order valence-electron chi connectivity index (χ3n) is 1.45. The summed E-state index contributed by atoms with van der Waals surface area (Å²) in [4.78, 5) is 21.4. The Hall–Kier alpha value is -1.99. The van der Waals surface area contributed by atoms with E-state index in [1.807, 2.05) is 0 Å². The zero-order chi connectivity index (χ0) is 10.9. The van der Waals surface area contributed by atoms with Crippen molar-refractivity contribution in [1.29, 1.82) is 0 Å². The fraction of sp³-hybridized carbons (Fsp3) is 0.167. The van der Waals surface area contributed by atoms with E-state index in [2.05, 4.69) is 0 Å². The van der Waals surface area contributed by atoms with Crippen LogP contribution in [0, 0.1) is 10.1 Å². The van der Waals surface area contributed by atoms with Crippen molar-refractivity contribution in [2.45, 2.75) is 6.43 Å². The average molecular weight is 206 g/mol. The molecule has 14 heavy (non-hydrogen) atoms. The Morgan fingerprint density at radius 3 is 2.57 bits per heavy atom. The van der Waals surface area contributed by atoms with Crippen molar-refractivity contribution in [2.75, 3.05) is 0 Å². The second-order valence-electron chi connectivity index (χ2n) is 2.34. The van der Waals surface area contributed by atoms with E-state index in [4.69, 9.17) is 5.11 Å². The van der Waals surface area contributed by atoms with Gasteiger partial charge in [0.05, 0.1) is 11.0 Å². The minimum absolute atomic E-state index is 0.389. The molecule has 0 fully saturated rings. The molecule has 76 valence electrons. The monoisotopic (exact) mass is 206 g/mol. The highest BCUT2D eigenvalue weighted by Gasteiger charge is 2.21. The first-order valence-corrected chi connectivity index (χ1v) is 3.32. The number of nitrogens with zero attached hydrogens (tertiary/aromatic N) is 1. The topological polar surface area (TPSA) is 96.2 Å². The maximum Gasteiger partial charge on any atom is 0.337 e. The number of aromatic amines is 1. The second kappa shape index (κ2) is 3.40. The molecule has 0 aliphatic carbocycles.